The van der Waals surface area contributed by atoms with Crippen LogP contribution in [0.15, 0.2) is 0 Å². The molecule has 2 aliphatic heterocycles. The molecule has 1 N–H and O–H groups in total. The highest BCUT2D eigenvalue weighted by Gasteiger charge is 2.62. The van der Waals surface area contributed by atoms with Crippen LogP contribution in [0.5, 0.6) is 0 Å². The number of ether oxygens (including phenoxy) is 1. The molecule has 2 atom stereocenters. The van der Waals surface area contributed by atoms with Crippen molar-refractivity contribution >= 4 is 5.91 Å². The fourth-order valence-corrected chi connectivity index (χ4v) is 2.65. The van der Waals surface area contributed by atoms with Crippen molar-refractivity contribution in [2.45, 2.75) is 25.1 Å². The first-order valence-corrected chi connectivity index (χ1v) is 6.00. The summed E-state index contributed by atoms with van der Waals surface area (Å²) >= 11 is 0. The van der Waals surface area contributed by atoms with E-state index in [1.165, 1.54) is 12.0 Å². The molecule has 2 rings (SSSR count). The van der Waals surface area contributed by atoms with Crippen molar-refractivity contribution in [3.8, 4) is 0 Å². The van der Waals surface area contributed by atoms with Gasteiger partial charge in [-0.3, -0.25) is 4.79 Å². The largest absolute Gasteiger partial charge is 0.404 e. The summed E-state index contributed by atoms with van der Waals surface area (Å²) in [7, 11) is 1.51. The van der Waals surface area contributed by atoms with Gasteiger partial charge in [0.05, 0.1) is 6.10 Å². The Kier molecular flexibility index (Phi) is 3.55. The van der Waals surface area contributed by atoms with Gasteiger partial charge in [-0.05, 0) is 19.4 Å². The quantitative estimate of drug-likeness (QED) is 0.803. The lowest BCUT2D eigenvalue weighted by Crippen LogP contribution is -2.53. The van der Waals surface area contributed by atoms with E-state index in [1.807, 2.05) is 0 Å². The third-order valence-electron chi connectivity index (χ3n) is 3.87. The summed E-state index contributed by atoms with van der Waals surface area (Å²) in [5, 5.41) is 2.65. The van der Waals surface area contributed by atoms with E-state index in [-0.39, 0.29) is 32.2 Å². The fourth-order valence-electron chi connectivity index (χ4n) is 2.65. The average Bonchev–Trinajstić information content (AvgIpc) is 2.97. The Labute approximate surface area is 103 Å². The van der Waals surface area contributed by atoms with Crippen LogP contribution in [0, 0.1) is 5.41 Å². The monoisotopic (exact) mass is 266 g/mol. The van der Waals surface area contributed by atoms with Gasteiger partial charge in [0.15, 0.2) is 5.41 Å². The zero-order valence-corrected chi connectivity index (χ0v) is 10.2. The summed E-state index contributed by atoms with van der Waals surface area (Å²) in [5.74, 6) is -0.806. The molecule has 2 saturated heterocycles. The number of rotatable bonds is 2. The molecule has 0 aromatic carbocycles. The van der Waals surface area contributed by atoms with Crippen LogP contribution in [0.4, 0.5) is 13.2 Å². The number of likely N-dealkylation sites (tertiary alicyclic amines) is 1. The Balaban J connectivity index is 2.15. The standard InChI is InChI=1S/C11H17F3N2O2/c1-18-8-2-5-16(6-8)9(17)10(11(12,13)14)3-4-15-7-10/h8,15H,2-7H2,1H3. The summed E-state index contributed by atoms with van der Waals surface area (Å²) in [6, 6.07) is 0. The highest BCUT2D eigenvalue weighted by molar-refractivity contribution is 5.84. The first-order valence-electron chi connectivity index (χ1n) is 6.00. The maximum absolute atomic E-state index is 13.2. The SMILES string of the molecule is COC1CCN(C(=O)C2(C(F)(F)F)CCNC2)C1. The molecule has 7 heteroatoms. The maximum atomic E-state index is 13.2. The van der Waals surface area contributed by atoms with Crippen LogP contribution in [0.25, 0.3) is 0 Å². The highest BCUT2D eigenvalue weighted by atomic mass is 19.4. The van der Waals surface area contributed by atoms with Gasteiger partial charge >= 0.3 is 6.18 Å². The molecule has 2 aliphatic rings. The number of alkyl halides is 3. The van der Waals surface area contributed by atoms with E-state index >= 15 is 0 Å². The van der Waals surface area contributed by atoms with Gasteiger partial charge in [0, 0.05) is 26.7 Å². The smallest absolute Gasteiger partial charge is 0.380 e. The molecular formula is C11H17F3N2O2. The van der Waals surface area contributed by atoms with Crippen molar-refractivity contribution in [2.75, 3.05) is 33.3 Å². The molecule has 0 aromatic rings. The summed E-state index contributed by atoms with van der Waals surface area (Å²) < 4.78 is 44.6. The molecule has 18 heavy (non-hydrogen) atoms. The topological polar surface area (TPSA) is 41.6 Å². The lowest BCUT2D eigenvalue weighted by Gasteiger charge is -2.33. The van der Waals surface area contributed by atoms with E-state index in [1.54, 1.807) is 0 Å². The zero-order valence-electron chi connectivity index (χ0n) is 10.2. The number of nitrogens with zero attached hydrogens (tertiary/aromatic N) is 1. The van der Waals surface area contributed by atoms with Crippen molar-refractivity contribution in [1.82, 2.24) is 10.2 Å². The molecule has 0 spiro atoms. The molecule has 0 saturated carbocycles. The second-order valence-corrected chi connectivity index (χ2v) is 4.90. The van der Waals surface area contributed by atoms with Crippen LogP contribution in [0.3, 0.4) is 0 Å². The number of amides is 1. The molecule has 0 radical (unpaired) electrons. The molecule has 104 valence electrons. The maximum Gasteiger partial charge on any atom is 0.404 e. The molecule has 0 bridgehead atoms. The third kappa shape index (κ3) is 2.09. The van der Waals surface area contributed by atoms with Gasteiger partial charge in [-0.25, -0.2) is 0 Å². The van der Waals surface area contributed by atoms with E-state index in [9.17, 15) is 18.0 Å². The number of halogens is 3. The molecule has 2 fully saturated rings. The number of methoxy groups -OCH3 is 1. The normalized spacial score (nSPS) is 33.1. The van der Waals surface area contributed by atoms with Crippen molar-refractivity contribution in [3.63, 3.8) is 0 Å². The Morgan fingerprint density at radius 2 is 2.22 bits per heavy atom. The average molecular weight is 266 g/mol. The number of nitrogens with one attached hydrogen (secondary N) is 1. The minimum absolute atomic E-state index is 0.145. The predicted molar refractivity (Wildman–Crippen MR) is 58.0 cm³/mol. The molecule has 2 unspecified atom stereocenters. The van der Waals surface area contributed by atoms with E-state index in [0.717, 1.165) is 0 Å². The summed E-state index contributed by atoms with van der Waals surface area (Å²) in [5.41, 5.74) is -2.24. The van der Waals surface area contributed by atoms with E-state index in [2.05, 4.69) is 5.32 Å². The lowest BCUT2D eigenvalue weighted by atomic mass is 9.84. The second kappa shape index (κ2) is 4.70. The first-order chi connectivity index (χ1) is 8.40. The van der Waals surface area contributed by atoms with Crippen LogP contribution in [-0.4, -0.2) is 56.4 Å². The van der Waals surface area contributed by atoms with Gasteiger partial charge in [0.25, 0.3) is 0 Å². The zero-order chi connectivity index (χ0) is 13.4. The highest BCUT2D eigenvalue weighted by Crippen LogP contribution is 2.44. The number of carbonyl (C=O) groups excluding carboxylic acids is 1. The van der Waals surface area contributed by atoms with Crippen LogP contribution in [0.1, 0.15) is 12.8 Å². The van der Waals surface area contributed by atoms with Gasteiger partial charge < -0.3 is 15.0 Å². The van der Waals surface area contributed by atoms with Gasteiger partial charge in [-0.15, -0.1) is 0 Å². The fraction of sp³-hybridized carbons (Fsp3) is 0.909. The summed E-state index contributed by atoms with van der Waals surface area (Å²) in [4.78, 5) is 13.5. The van der Waals surface area contributed by atoms with Crippen LogP contribution >= 0.6 is 0 Å². The van der Waals surface area contributed by atoms with Crippen LogP contribution < -0.4 is 5.32 Å². The Bertz CT molecular complexity index is 327. The molecule has 0 aromatic heterocycles. The van der Waals surface area contributed by atoms with Crippen molar-refractivity contribution < 1.29 is 22.7 Å². The van der Waals surface area contributed by atoms with E-state index in [0.29, 0.717) is 13.0 Å². The second-order valence-electron chi connectivity index (χ2n) is 4.90. The predicted octanol–water partition coefficient (Wildman–Crippen LogP) is 0.776. The van der Waals surface area contributed by atoms with E-state index < -0.39 is 17.5 Å². The number of carbonyl (C=O) groups is 1. The lowest BCUT2D eigenvalue weighted by molar-refractivity contribution is -0.221. The molecular weight excluding hydrogens is 249 g/mol. The Morgan fingerprint density at radius 1 is 1.50 bits per heavy atom. The third-order valence-corrected chi connectivity index (χ3v) is 3.87. The van der Waals surface area contributed by atoms with Gasteiger partial charge in [0.1, 0.15) is 0 Å². The van der Waals surface area contributed by atoms with Gasteiger partial charge in [-0.2, -0.15) is 13.2 Å². The molecule has 0 aliphatic carbocycles. The Morgan fingerprint density at radius 3 is 2.67 bits per heavy atom. The number of hydrogen-bond acceptors (Lipinski definition) is 3. The molecule has 2 heterocycles. The first kappa shape index (κ1) is 13.6. The minimum atomic E-state index is -4.50. The van der Waals surface area contributed by atoms with E-state index in [4.69, 9.17) is 4.74 Å². The summed E-state index contributed by atoms with van der Waals surface area (Å²) in [6.07, 6.45) is -4.22. The van der Waals surface area contributed by atoms with Crippen LogP contribution in [0.2, 0.25) is 0 Å². The van der Waals surface area contributed by atoms with Crippen molar-refractivity contribution in [2.24, 2.45) is 5.41 Å². The van der Waals surface area contributed by atoms with Crippen molar-refractivity contribution in [3.05, 3.63) is 0 Å². The van der Waals surface area contributed by atoms with Crippen molar-refractivity contribution in [1.29, 1.82) is 0 Å². The Hall–Kier alpha value is -0.820. The molecule has 1 amide bonds. The van der Waals surface area contributed by atoms with Gasteiger partial charge in [0.2, 0.25) is 5.91 Å². The summed E-state index contributed by atoms with van der Waals surface area (Å²) in [6.45, 7) is 0.513. The van der Waals surface area contributed by atoms with Crippen LogP contribution in [-0.2, 0) is 9.53 Å². The number of hydrogen-bond donors (Lipinski definition) is 1. The molecule has 4 nitrogen and oxygen atoms in total. The minimum Gasteiger partial charge on any atom is -0.380 e. The van der Waals surface area contributed by atoms with Gasteiger partial charge in [-0.1, -0.05) is 0 Å².